The Morgan fingerprint density at radius 1 is 0.622 bits per heavy atom. The zero-order chi connectivity index (χ0) is 27.0. The molecule has 0 saturated heterocycles. The standard InChI is InChI=1S/C33H61NO3/c1-3-5-7-9-11-13-15-17-19-21-23-25-27-30(31-28-32(36)34(29-35)33(31)37)26-24-22-20-18-16-14-12-10-8-6-4-2/h27-28,35-37H,3-26,29H2,1-2H3. The molecule has 0 spiro atoms. The number of aromatic nitrogens is 1. The van der Waals surface area contributed by atoms with E-state index in [1.165, 1.54) is 135 Å². The van der Waals surface area contributed by atoms with Gasteiger partial charge in [-0.1, -0.05) is 148 Å². The average Bonchev–Trinajstić information content (AvgIpc) is 3.19. The molecule has 0 aliphatic carbocycles. The highest BCUT2D eigenvalue weighted by atomic mass is 16.3. The fourth-order valence-corrected chi connectivity index (χ4v) is 5.31. The first-order chi connectivity index (χ1) is 18.2. The van der Waals surface area contributed by atoms with Gasteiger partial charge >= 0.3 is 0 Å². The van der Waals surface area contributed by atoms with Crippen LogP contribution in [0.4, 0.5) is 0 Å². The fourth-order valence-electron chi connectivity index (χ4n) is 5.31. The van der Waals surface area contributed by atoms with E-state index in [1.807, 2.05) is 0 Å². The highest BCUT2D eigenvalue weighted by Gasteiger charge is 2.16. The molecule has 4 heteroatoms. The smallest absolute Gasteiger partial charge is 0.203 e. The predicted octanol–water partition coefficient (Wildman–Crippen LogP) is 10.6. The van der Waals surface area contributed by atoms with Crippen molar-refractivity contribution in [3.05, 3.63) is 17.7 Å². The van der Waals surface area contributed by atoms with E-state index in [-0.39, 0.29) is 11.8 Å². The van der Waals surface area contributed by atoms with Gasteiger partial charge in [0.05, 0.1) is 0 Å². The van der Waals surface area contributed by atoms with Crippen LogP contribution in [0.15, 0.2) is 12.1 Å². The van der Waals surface area contributed by atoms with E-state index >= 15 is 0 Å². The Balaban J connectivity index is 2.33. The van der Waals surface area contributed by atoms with Crippen LogP contribution in [0.2, 0.25) is 0 Å². The van der Waals surface area contributed by atoms with Crippen molar-refractivity contribution in [1.29, 1.82) is 0 Å². The maximum Gasteiger partial charge on any atom is 0.203 e. The van der Waals surface area contributed by atoms with Gasteiger partial charge in [0.1, 0.15) is 6.73 Å². The summed E-state index contributed by atoms with van der Waals surface area (Å²) in [5.41, 5.74) is 1.80. The minimum absolute atomic E-state index is 0.0201. The third-order valence-electron chi connectivity index (χ3n) is 7.78. The van der Waals surface area contributed by atoms with Crippen LogP contribution in [-0.4, -0.2) is 19.9 Å². The second-order valence-electron chi connectivity index (χ2n) is 11.1. The summed E-state index contributed by atoms with van der Waals surface area (Å²) in [6.45, 7) is 4.13. The molecule has 37 heavy (non-hydrogen) atoms. The van der Waals surface area contributed by atoms with Crippen molar-refractivity contribution in [3.8, 4) is 11.8 Å². The predicted molar refractivity (Wildman–Crippen MR) is 160 cm³/mol. The minimum atomic E-state index is -0.415. The number of nitrogens with zero attached hydrogens (tertiary/aromatic N) is 1. The lowest BCUT2D eigenvalue weighted by molar-refractivity contribution is 0.183. The van der Waals surface area contributed by atoms with E-state index in [4.69, 9.17) is 0 Å². The van der Waals surface area contributed by atoms with E-state index in [1.54, 1.807) is 6.07 Å². The van der Waals surface area contributed by atoms with Crippen LogP contribution in [0.1, 0.15) is 174 Å². The third kappa shape index (κ3) is 16.2. The van der Waals surface area contributed by atoms with Crippen molar-refractivity contribution in [1.82, 2.24) is 4.57 Å². The molecule has 0 amide bonds. The normalized spacial score (nSPS) is 12.0. The third-order valence-corrected chi connectivity index (χ3v) is 7.78. The van der Waals surface area contributed by atoms with Gasteiger partial charge in [0.2, 0.25) is 5.88 Å². The summed E-state index contributed by atoms with van der Waals surface area (Å²) in [4.78, 5) is 0. The quantitative estimate of drug-likeness (QED) is 0.107. The Labute approximate surface area is 229 Å². The Bertz CT molecular complexity index is 679. The first-order valence-corrected chi connectivity index (χ1v) is 16.1. The zero-order valence-corrected chi connectivity index (χ0v) is 24.6. The number of aromatic hydroxyl groups is 2. The van der Waals surface area contributed by atoms with Crippen LogP contribution in [0, 0.1) is 0 Å². The molecule has 0 unspecified atom stereocenters. The molecule has 0 bridgehead atoms. The summed E-state index contributed by atoms with van der Waals surface area (Å²) < 4.78 is 1.16. The molecule has 0 aromatic carbocycles. The van der Waals surface area contributed by atoms with Gasteiger partial charge in [-0.3, -0.25) is 4.57 Å². The Morgan fingerprint density at radius 2 is 1.03 bits per heavy atom. The summed E-state index contributed by atoms with van der Waals surface area (Å²) in [7, 11) is 0. The van der Waals surface area contributed by atoms with Crippen molar-refractivity contribution in [2.24, 2.45) is 0 Å². The Morgan fingerprint density at radius 3 is 1.43 bits per heavy atom. The first-order valence-electron chi connectivity index (χ1n) is 16.1. The van der Waals surface area contributed by atoms with Crippen molar-refractivity contribution < 1.29 is 15.3 Å². The number of aliphatic hydroxyl groups excluding tert-OH is 1. The molecule has 0 saturated carbocycles. The highest BCUT2D eigenvalue weighted by molar-refractivity contribution is 5.71. The molecule has 3 N–H and O–H groups in total. The molecule has 0 atom stereocenters. The number of rotatable bonds is 26. The van der Waals surface area contributed by atoms with E-state index < -0.39 is 6.73 Å². The van der Waals surface area contributed by atoms with E-state index in [0.29, 0.717) is 5.56 Å². The molecule has 216 valence electrons. The maximum absolute atomic E-state index is 10.6. The molecule has 1 aromatic rings. The van der Waals surface area contributed by atoms with Crippen molar-refractivity contribution >= 4 is 5.57 Å². The van der Waals surface area contributed by atoms with E-state index in [9.17, 15) is 15.3 Å². The summed E-state index contributed by atoms with van der Waals surface area (Å²) in [6, 6.07) is 1.61. The monoisotopic (exact) mass is 519 g/mol. The molecular weight excluding hydrogens is 458 g/mol. The lowest BCUT2D eigenvalue weighted by Crippen LogP contribution is -1.95. The van der Waals surface area contributed by atoms with Crippen LogP contribution in [0.3, 0.4) is 0 Å². The summed E-state index contributed by atoms with van der Waals surface area (Å²) in [5, 5.41) is 30.1. The SMILES string of the molecule is CCCCCCCCCCCCCC=C(CCCCCCCCCCCCC)c1cc(O)n(CO)c1O. The number of unbranched alkanes of at least 4 members (excludes halogenated alkanes) is 21. The van der Waals surface area contributed by atoms with Gasteiger partial charge in [-0.2, -0.15) is 0 Å². The average molecular weight is 520 g/mol. The second kappa shape index (κ2) is 23.7. The molecule has 4 nitrogen and oxygen atoms in total. The molecule has 0 radical (unpaired) electrons. The van der Waals surface area contributed by atoms with Crippen LogP contribution in [-0.2, 0) is 6.73 Å². The number of allylic oxidation sites excluding steroid dienone is 2. The summed E-state index contributed by atoms with van der Waals surface area (Å²) in [5.74, 6) is -0.0946. The van der Waals surface area contributed by atoms with Gasteiger partial charge in [0.15, 0.2) is 5.88 Å². The van der Waals surface area contributed by atoms with E-state index in [2.05, 4.69) is 19.9 Å². The highest BCUT2D eigenvalue weighted by Crippen LogP contribution is 2.35. The number of hydrogen-bond donors (Lipinski definition) is 3. The lowest BCUT2D eigenvalue weighted by Gasteiger charge is -2.09. The maximum atomic E-state index is 10.6. The van der Waals surface area contributed by atoms with Crippen LogP contribution < -0.4 is 0 Å². The zero-order valence-electron chi connectivity index (χ0n) is 24.6. The number of hydrogen-bond acceptors (Lipinski definition) is 3. The molecule has 0 fully saturated rings. The molecule has 1 heterocycles. The first kappa shape index (κ1) is 33.6. The topological polar surface area (TPSA) is 65.6 Å². The van der Waals surface area contributed by atoms with E-state index in [0.717, 1.165) is 29.4 Å². The number of aliphatic hydroxyl groups is 1. The van der Waals surface area contributed by atoms with Crippen molar-refractivity contribution in [3.63, 3.8) is 0 Å². The van der Waals surface area contributed by atoms with Crippen molar-refractivity contribution in [2.45, 2.75) is 175 Å². The minimum Gasteiger partial charge on any atom is -0.494 e. The Kier molecular flexibility index (Phi) is 21.5. The largest absolute Gasteiger partial charge is 0.494 e. The van der Waals surface area contributed by atoms with Crippen LogP contribution >= 0.6 is 0 Å². The fraction of sp³-hybridized carbons (Fsp3) is 0.818. The molecule has 1 aromatic heterocycles. The van der Waals surface area contributed by atoms with Gasteiger partial charge in [0, 0.05) is 11.6 Å². The van der Waals surface area contributed by atoms with Crippen LogP contribution in [0.5, 0.6) is 11.8 Å². The van der Waals surface area contributed by atoms with Gasteiger partial charge in [-0.05, 0) is 31.3 Å². The van der Waals surface area contributed by atoms with Crippen LogP contribution in [0.25, 0.3) is 5.57 Å². The second-order valence-corrected chi connectivity index (χ2v) is 11.1. The molecule has 0 aliphatic heterocycles. The van der Waals surface area contributed by atoms with Crippen molar-refractivity contribution in [2.75, 3.05) is 0 Å². The van der Waals surface area contributed by atoms with Gasteiger partial charge in [-0.25, -0.2) is 0 Å². The summed E-state index contributed by atoms with van der Waals surface area (Å²) in [6.07, 6.45) is 33.4. The van der Waals surface area contributed by atoms with Gasteiger partial charge in [0.25, 0.3) is 0 Å². The van der Waals surface area contributed by atoms with Gasteiger partial charge in [-0.15, -0.1) is 0 Å². The lowest BCUT2D eigenvalue weighted by atomic mass is 9.98. The Hall–Kier alpha value is -1.42. The summed E-state index contributed by atoms with van der Waals surface area (Å²) >= 11 is 0. The molecule has 0 aliphatic rings. The molecular formula is C33H61NO3. The molecule has 1 rings (SSSR count). The van der Waals surface area contributed by atoms with Gasteiger partial charge < -0.3 is 15.3 Å².